The van der Waals surface area contributed by atoms with Gasteiger partial charge in [-0.3, -0.25) is 0 Å². The molecule has 0 bridgehead atoms. The van der Waals surface area contributed by atoms with Crippen molar-refractivity contribution in [3.8, 4) is 5.75 Å². The fraction of sp³-hybridized carbons (Fsp3) is 0.538. The number of rotatable bonds is 5. The van der Waals surface area contributed by atoms with E-state index in [4.69, 9.17) is 0 Å². The molecule has 106 valence electrons. The third kappa shape index (κ3) is 3.84. The minimum Gasteiger partial charge on any atom is -0.406 e. The van der Waals surface area contributed by atoms with Gasteiger partial charge in [-0.15, -0.1) is 13.2 Å². The number of benzene rings is 1. The normalized spacial score (nSPS) is 17.9. The molecule has 6 heteroatoms. The van der Waals surface area contributed by atoms with Crippen LogP contribution in [0, 0.1) is 0 Å². The molecule has 0 spiro atoms. The highest BCUT2D eigenvalue weighted by Crippen LogP contribution is 2.31. The lowest BCUT2D eigenvalue weighted by molar-refractivity contribution is -0.274. The molecule has 2 rings (SSSR count). The van der Waals surface area contributed by atoms with Gasteiger partial charge in [0.25, 0.3) is 0 Å². The van der Waals surface area contributed by atoms with Crippen molar-refractivity contribution in [2.75, 3.05) is 6.61 Å². The van der Waals surface area contributed by atoms with Gasteiger partial charge in [0.15, 0.2) is 0 Å². The standard InChI is InChI=1S/C13H16F3NO2/c14-13(15,16)19-11-4-2-10(3-5-11)8-17-12(9-18)6-1-7-12/h2-5,17-18H,1,6-9H2. The molecular weight excluding hydrogens is 259 g/mol. The van der Waals surface area contributed by atoms with Gasteiger partial charge in [-0.1, -0.05) is 12.1 Å². The third-order valence-electron chi connectivity index (χ3n) is 3.44. The first-order valence-electron chi connectivity index (χ1n) is 6.13. The highest BCUT2D eigenvalue weighted by molar-refractivity contribution is 5.27. The van der Waals surface area contributed by atoms with E-state index in [1.165, 1.54) is 12.1 Å². The highest BCUT2D eigenvalue weighted by atomic mass is 19.4. The average molecular weight is 275 g/mol. The molecule has 0 amide bonds. The zero-order chi connectivity index (χ0) is 13.9. The Balaban J connectivity index is 1.88. The van der Waals surface area contributed by atoms with Crippen LogP contribution < -0.4 is 10.1 Å². The summed E-state index contributed by atoms with van der Waals surface area (Å²) in [5.74, 6) is -0.225. The maximum absolute atomic E-state index is 12.0. The number of alkyl halides is 3. The number of aliphatic hydroxyl groups is 1. The van der Waals surface area contributed by atoms with Gasteiger partial charge in [0.1, 0.15) is 5.75 Å². The highest BCUT2D eigenvalue weighted by Gasteiger charge is 2.35. The first kappa shape index (κ1) is 14.1. The SMILES string of the molecule is OCC1(NCc2ccc(OC(F)(F)F)cc2)CCC1. The molecule has 1 saturated carbocycles. The summed E-state index contributed by atoms with van der Waals surface area (Å²) in [6, 6.07) is 5.74. The zero-order valence-electron chi connectivity index (χ0n) is 10.3. The average Bonchev–Trinajstić information content (AvgIpc) is 2.28. The molecule has 1 aromatic carbocycles. The van der Waals surface area contributed by atoms with Crippen molar-refractivity contribution in [3.05, 3.63) is 29.8 Å². The topological polar surface area (TPSA) is 41.5 Å². The monoisotopic (exact) mass is 275 g/mol. The maximum Gasteiger partial charge on any atom is 0.573 e. The summed E-state index contributed by atoms with van der Waals surface area (Å²) in [7, 11) is 0. The molecule has 2 N–H and O–H groups in total. The maximum atomic E-state index is 12.0. The molecule has 1 aromatic rings. The molecular formula is C13H16F3NO2. The number of aliphatic hydroxyl groups excluding tert-OH is 1. The van der Waals surface area contributed by atoms with E-state index in [1.54, 1.807) is 12.1 Å². The Kier molecular flexibility index (Phi) is 4.01. The van der Waals surface area contributed by atoms with E-state index in [0.717, 1.165) is 24.8 Å². The van der Waals surface area contributed by atoms with Gasteiger partial charge < -0.3 is 15.2 Å². The van der Waals surface area contributed by atoms with Gasteiger partial charge in [-0.25, -0.2) is 0 Å². The predicted molar refractivity (Wildman–Crippen MR) is 63.6 cm³/mol. The minimum absolute atomic E-state index is 0.0856. The Morgan fingerprint density at radius 1 is 1.21 bits per heavy atom. The molecule has 1 aliphatic rings. The second kappa shape index (κ2) is 5.38. The Morgan fingerprint density at radius 3 is 2.26 bits per heavy atom. The van der Waals surface area contributed by atoms with Crippen LogP contribution in [0.4, 0.5) is 13.2 Å². The van der Waals surface area contributed by atoms with Crippen molar-refractivity contribution in [2.24, 2.45) is 0 Å². The molecule has 1 fully saturated rings. The quantitative estimate of drug-likeness (QED) is 0.868. The molecule has 1 aliphatic carbocycles. The van der Waals surface area contributed by atoms with Gasteiger partial charge in [0.2, 0.25) is 0 Å². The minimum atomic E-state index is -4.66. The van der Waals surface area contributed by atoms with Gasteiger partial charge in [-0.05, 0) is 37.0 Å². The summed E-state index contributed by atoms with van der Waals surface area (Å²) in [5, 5.41) is 12.5. The van der Waals surface area contributed by atoms with Crippen LogP contribution in [-0.4, -0.2) is 23.6 Å². The van der Waals surface area contributed by atoms with Gasteiger partial charge >= 0.3 is 6.36 Å². The first-order chi connectivity index (χ1) is 8.92. The van der Waals surface area contributed by atoms with Crippen molar-refractivity contribution >= 4 is 0 Å². The van der Waals surface area contributed by atoms with Crippen LogP contribution in [0.2, 0.25) is 0 Å². The molecule has 0 aliphatic heterocycles. The lowest BCUT2D eigenvalue weighted by atomic mass is 9.77. The molecule has 19 heavy (non-hydrogen) atoms. The van der Waals surface area contributed by atoms with Gasteiger partial charge in [0, 0.05) is 12.1 Å². The van der Waals surface area contributed by atoms with Crippen molar-refractivity contribution in [1.82, 2.24) is 5.32 Å². The van der Waals surface area contributed by atoms with E-state index in [1.807, 2.05) is 0 Å². The molecule has 0 radical (unpaired) electrons. The second-order valence-electron chi connectivity index (χ2n) is 4.84. The number of ether oxygens (including phenoxy) is 1. The summed E-state index contributed by atoms with van der Waals surface area (Å²) >= 11 is 0. The number of halogens is 3. The van der Waals surface area contributed by atoms with Crippen LogP contribution in [0.15, 0.2) is 24.3 Å². The second-order valence-corrected chi connectivity index (χ2v) is 4.84. The van der Waals surface area contributed by atoms with E-state index in [0.29, 0.717) is 6.54 Å². The smallest absolute Gasteiger partial charge is 0.406 e. The van der Waals surface area contributed by atoms with Crippen molar-refractivity contribution in [1.29, 1.82) is 0 Å². The number of hydrogen-bond donors (Lipinski definition) is 2. The Hall–Kier alpha value is -1.27. The predicted octanol–water partition coefficient (Wildman–Crippen LogP) is 2.59. The van der Waals surface area contributed by atoms with Gasteiger partial charge in [0.05, 0.1) is 6.61 Å². The van der Waals surface area contributed by atoms with E-state index in [9.17, 15) is 18.3 Å². The molecule has 3 nitrogen and oxygen atoms in total. The third-order valence-corrected chi connectivity index (χ3v) is 3.44. The van der Waals surface area contributed by atoms with Crippen LogP contribution in [-0.2, 0) is 6.54 Å². The van der Waals surface area contributed by atoms with Crippen LogP contribution in [0.25, 0.3) is 0 Å². The van der Waals surface area contributed by atoms with Gasteiger partial charge in [-0.2, -0.15) is 0 Å². The zero-order valence-corrected chi connectivity index (χ0v) is 10.3. The van der Waals surface area contributed by atoms with Crippen LogP contribution in [0.1, 0.15) is 24.8 Å². The Labute approximate surface area is 109 Å². The molecule has 0 heterocycles. The summed E-state index contributed by atoms with van der Waals surface area (Å²) in [6.45, 7) is 0.606. The summed E-state index contributed by atoms with van der Waals surface area (Å²) in [4.78, 5) is 0. The largest absolute Gasteiger partial charge is 0.573 e. The molecule has 0 atom stereocenters. The summed E-state index contributed by atoms with van der Waals surface area (Å²) in [6.07, 6.45) is -1.71. The van der Waals surface area contributed by atoms with E-state index >= 15 is 0 Å². The van der Waals surface area contributed by atoms with E-state index in [-0.39, 0.29) is 17.9 Å². The first-order valence-corrected chi connectivity index (χ1v) is 6.13. The number of nitrogens with one attached hydrogen (secondary N) is 1. The van der Waals surface area contributed by atoms with Crippen LogP contribution in [0.5, 0.6) is 5.75 Å². The lowest BCUT2D eigenvalue weighted by Crippen LogP contribution is -2.53. The van der Waals surface area contributed by atoms with Crippen molar-refractivity contribution in [2.45, 2.75) is 37.7 Å². The number of hydrogen-bond acceptors (Lipinski definition) is 3. The molecule has 0 saturated heterocycles. The molecule has 0 unspecified atom stereocenters. The van der Waals surface area contributed by atoms with Crippen LogP contribution >= 0.6 is 0 Å². The van der Waals surface area contributed by atoms with Crippen LogP contribution in [0.3, 0.4) is 0 Å². The fourth-order valence-corrected chi connectivity index (χ4v) is 2.09. The van der Waals surface area contributed by atoms with E-state index in [2.05, 4.69) is 10.1 Å². The lowest BCUT2D eigenvalue weighted by Gasteiger charge is -2.41. The van der Waals surface area contributed by atoms with Crippen molar-refractivity contribution < 1.29 is 23.0 Å². The fourth-order valence-electron chi connectivity index (χ4n) is 2.09. The molecule has 0 aromatic heterocycles. The summed E-state index contributed by atoms with van der Waals surface area (Å²) < 4.78 is 39.7. The summed E-state index contributed by atoms with van der Waals surface area (Å²) in [5.41, 5.74) is 0.649. The Bertz CT molecular complexity index is 407. The van der Waals surface area contributed by atoms with Crippen molar-refractivity contribution in [3.63, 3.8) is 0 Å². The van der Waals surface area contributed by atoms with E-state index < -0.39 is 6.36 Å². The Morgan fingerprint density at radius 2 is 1.84 bits per heavy atom.